The van der Waals surface area contributed by atoms with Crippen LogP contribution in [0.2, 0.25) is 5.02 Å². The zero-order valence-electron chi connectivity index (χ0n) is 15.0. The Labute approximate surface area is 161 Å². The summed E-state index contributed by atoms with van der Waals surface area (Å²) < 4.78 is 10.4. The number of esters is 1. The molecular formula is C19H19ClN2O5. The maximum absolute atomic E-state index is 12.5. The number of hydrogen-bond donors (Lipinski definition) is 2. The molecule has 1 amide bonds. The number of halogens is 1. The lowest BCUT2D eigenvalue weighted by Crippen LogP contribution is -2.24. The van der Waals surface area contributed by atoms with Gasteiger partial charge in [-0.05, 0) is 37.3 Å². The average Bonchev–Trinajstić information content (AvgIpc) is 2.62. The van der Waals surface area contributed by atoms with Gasteiger partial charge in [0.2, 0.25) is 11.7 Å². The number of methoxy groups -OCH3 is 1. The summed E-state index contributed by atoms with van der Waals surface area (Å²) in [5, 5.41) is 2.78. The minimum atomic E-state index is -1.04. The Morgan fingerprint density at radius 3 is 2.33 bits per heavy atom. The summed E-state index contributed by atoms with van der Waals surface area (Å²) in [6.07, 6.45) is -1.04. The Balaban J connectivity index is 2.13. The third-order valence-electron chi connectivity index (χ3n) is 3.68. The third kappa shape index (κ3) is 4.98. The number of nitrogen functional groups attached to an aromatic ring is 1. The molecule has 1 atom stereocenters. The molecule has 0 aliphatic rings. The van der Waals surface area contributed by atoms with E-state index in [0.717, 1.165) is 0 Å². The van der Waals surface area contributed by atoms with E-state index in [1.807, 2.05) is 0 Å². The van der Waals surface area contributed by atoms with Gasteiger partial charge < -0.3 is 20.5 Å². The Morgan fingerprint density at radius 1 is 1.15 bits per heavy atom. The fraction of sp³-hybridized carbons (Fsp3) is 0.211. The van der Waals surface area contributed by atoms with Gasteiger partial charge in [0, 0.05) is 24.2 Å². The van der Waals surface area contributed by atoms with Crippen molar-refractivity contribution in [2.24, 2.45) is 0 Å². The lowest BCUT2D eigenvalue weighted by molar-refractivity contribution is -0.114. The highest BCUT2D eigenvalue weighted by Gasteiger charge is 2.23. The summed E-state index contributed by atoms with van der Waals surface area (Å²) in [6.45, 7) is 2.85. The van der Waals surface area contributed by atoms with E-state index in [1.54, 1.807) is 24.3 Å². The van der Waals surface area contributed by atoms with Crippen LogP contribution in [0.5, 0.6) is 5.75 Å². The van der Waals surface area contributed by atoms with Gasteiger partial charge in [-0.25, -0.2) is 4.79 Å². The summed E-state index contributed by atoms with van der Waals surface area (Å²) in [6, 6.07) is 9.00. The van der Waals surface area contributed by atoms with Crippen molar-refractivity contribution < 1.29 is 23.9 Å². The smallest absolute Gasteiger partial charge is 0.342 e. The lowest BCUT2D eigenvalue weighted by Gasteiger charge is -2.15. The molecule has 7 nitrogen and oxygen atoms in total. The second kappa shape index (κ2) is 8.55. The van der Waals surface area contributed by atoms with Gasteiger partial charge in [-0.2, -0.15) is 0 Å². The number of carbonyl (C=O) groups is 3. The molecule has 0 radical (unpaired) electrons. The van der Waals surface area contributed by atoms with Crippen LogP contribution in [0.15, 0.2) is 36.4 Å². The number of nitrogens with two attached hydrogens (primary N) is 1. The van der Waals surface area contributed by atoms with Gasteiger partial charge in [-0.15, -0.1) is 0 Å². The monoisotopic (exact) mass is 390 g/mol. The molecule has 2 aromatic rings. The minimum absolute atomic E-state index is 0.0670. The SMILES string of the molecule is COc1cc(N)c(Cl)cc1C(=O)O[C@H](C)C(=O)c1ccc(NC(C)=O)cc1. The van der Waals surface area contributed by atoms with Crippen LogP contribution in [0, 0.1) is 0 Å². The summed E-state index contributed by atoms with van der Waals surface area (Å²) in [5.74, 6) is -1.17. The molecule has 2 aromatic carbocycles. The van der Waals surface area contributed by atoms with Crippen LogP contribution in [-0.2, 0) is 9.53 Å². The normalized spacial score (nSPS) is 11.4. The molecule has 27 heavy (non-hydrogen) atoms. The Kier molecular flexibility index (Phi) is 6.41. The fourth-order valence-electron chi connectivity index (χ4n) is 2.33. The molecular weight excluding hydrogens is 372 g/mol. The average molecular weight is 391 g/mol. The van der Waals surface area contributed by atoms with E-state index in [0.29, 0.717) is 11.3 Å². The largest absolute Gasteiger partial charge is 0.496 e. The van der Waals surface area contributed by atoms with E-state index in [-0.39, 0.29) is 27.9 Å². The van der Waals surface area contributed by atoms with Gasteiger partial charge in [-0.3, -0.25) is 9.59 Å². The van der Waals surface area contributed by atoms with E-state index in [4.69, 9.17) is 26.8 Å². The van der Waals surface area contributed by atoms with Gasteiger partial charge in [0.1, 0.15) is 11.3 Å². The second-order valence-electron chi connectivity index (χ2n) is 5.74. The number of hydrogen-bond acceptors (Lipinski definition) is 6. The van der Waals surface area contributed by atoms with E-state index in [2.05, 4.69) is 5.32 Å². The molecule has 0 bridgehead atoms. The zero-order chi connectivity index (χ0) is 20.1. The molecule has 0 spiro atoms. The maximum Gasteiger partial charge on any atom is 0.342 e. The molecule has 0 unspecified atom stereocenters. The van der Waals surface area contributed by atoms with Crippen molar-refractivity contribution >= 4 is 40.6 Å². The Morgan fingerprint density at radius 2 is 1.78 bits per heavy atom. The quantitative estimate of drug-likeness (QED) is 0.445. The molecule has 0 saturated heterocycles. The first-order chi connectivity index (χ1) is 12.7. The highest BCUT2D eigenvalue weighted by molar-refractivity contribution is 6.33. The van der Waals surface area contributed by atoms with Crippen molar-refractivity contribution in [1.29, 1.82) is 0 Å². The van der Waals surface area contributed by atoms with Crippen molar-refractivity contribution in [3.63, 3.8) is 0 Å². The number of benzene rings is 2. The zero-order valence-corrected chi connectivity index (χ0v) is 15.8. The summed E-state index contributed by atoms with van der Waals surface area (Å²) in [5.41, 5.74) is 6.91. The van der Waals surface area contributed by atoms with Crippen LogP contribution in [0.1, 0.15) is 34.6 Å². The Bertz CT molecular complexity index is 880. The Hall–Kier alpha value is -3.06. The van der Waals surface area contributed by atoms with Crippen molar-refractivity contribution in [1.82, 2.24) is 0 Å². The van der Waals surface area contributed by atoms with Gasteiger partial charge in [0.15, 0.2) is 6.10 Å². The third-order valence-corrected chi connectivity index (χ3v) is 4.01. The maximum atomic E-state index is 12.5. The van der Waals surface area contributed by atoms with E-state index in [9.17, 15) is 14.4 Å². The molecule has 3 N–H and O–H groups in total. The van der Waals surface area contributed by atoms with Gasteiger partial charge in [0.05, 0.1) is 17.8 Å². The topological polar surface area (TPSA) is 108 Å². The van der Waals surface area contributed by atoms with Crippen LogP contribution in [0.25, 0.3) is 0 Å². The van der Waals surface area contributed by atoms with E-state index in [1.165, 1.54) is 33.1 Å². The predicted molar refractivity (Wildman–Crippen MR) is 102 cm³/mol. The number of ketones is 1. The first-order valence-corrected chi connectivity index (χ1v) is 8.36. The number of Topliss-reactive ketones (excluding diaryl/α,β-unsaturated/α-hetero) is 1. The highest BCUT2D eigenvalue weighted by atomic mass is 35.5. The molecule has 0 fully saturated rings. The number of ether oxygens (including phenoxy) is 2. The van der Waals surface area contributed by atoms with Crippen LogP contribution < -0.4 is 15.8 Å². The molecule has 0 aliphatic heterocycles. The van der Waals surface area contributed by atoms with Gasteiger partial charge >= 0.3 is 5.97 Å². The summed E-state index contributed by atoms with van der Waals surface area (Å²) in [7, 11) is 1.38. The van der Waals surface area contributed by atoms with Crippen LogP contribution in [-0.4, -0.2) is 30.9 Å². The highest BCUT2D eigenvalue weighted by Crippen LogP contribution is 2.29. The second-order valence-corrected chi connectivity index (χ2v) is 6.15. The first-order valence-electron chi connectivity index (χ1n) is 7.98. The van der Waals surface area contributed by atoms with Crippen molar-refractivity contribution in [2.75, 3.05) is 18.2 Å². The number of carbonyl (C=O) groups excluding carboxylic acids is 3. The summed E-state index contributed by atoms with van der Waals surface area (Å²) in [4.78, 5) is 35.9. The number of rotatable bonds is 6. The van der Waals surface area contributed by atoms with E-state index >= 15 is 0 Å². The molecule has 0 aliphatic carbocycles. The van der Waals surface area contributed by atoms with Crippen molar-refractivity contribution in [3.05, 3.63) is 52.5 Å². The predicted octanol–water partition coefficient (Wildman–Crippen LogP) is 3.32. The lowest BCUT2D eigenvalue weighted by atomic mass is 10.1. The molecule has 142 valence electrons. The van der Waals surface area contributed by atoms with E-state index < -0.39 is 17.9 Å². The molecule has 2 rings (SSSR count). The van der Waals surface area contributed by atoms with Gasteiger partial charge in [-0.1, -0.05) is 11.6 Å². The summed E-state index contributed by atoms with van der Waals surface area (Å²) >= 11 is 5.95. The number of nitrogens with one attached hydrogen (secondary N) is 1. The molecule has 0 heterocycles. The van der Waals surface area contributed by atoms with Crippen LogP contribution in [0.3, 0.4) is 0 Å². The molecule has 0 saturated carbocycles. The fourth-order valence-corrected chi connectivity index (χ4v) is 2.49. The molecule has 8 heteroatoms. The number of anilines is 2. The first kappa shape index (κ1) is 20.3. The number of amides is 1. The van der Waals surface area contributed by atoms with Crippen LogP contribution >= 0.6 is 11.6 Å². The van der Waals surface area contributed by atoms with Crippen LogP contribution in [0.4, 0.5) is 11.4 Å². The van der Waals surface area contributed by atoms with Gasteiger partial charge in [0.25, 0.3) is 0 Å². The van der Waals surface area contributed by atoms with Crippen molar-refractivity contribution in [3.8, 4) is 5.75 Å². The molecule has 0 aromatic heterocycles. The minimum Gasteiger partial charge on any atom is -0.496 e. The standard InChI is InChI=1S/C19H19ClN2O5/c1-10(18(24)12-4-6-13(7-5-12)22-11(2)23)27-19(25)14-8-15(20)16(21)9-17(14)26-3/h4-10H,21H2,1-3H3,(H,22,23)/t10-/m1/s1. The van der Waals surface area contributed by atoms with Crippen molar-refractivity contribution in [2.45, 2.75) is 20.0 Å².